The summed E-state index contributed by atoms with van der Waals surface area (Å²) in [6, 6.07) is 26.5. The number of amides is 1. The number of carbonyl (C=O) groups excluding carboxylic acids is 1. The molecule has 1 aliphatic rings. The largest absolute Gasteiger partial charge is 0.345 e. The van der Waals surface area contributed by atoms with Gasteiger partial charge in [-0.3, -0.25) is 4.79 Å². The second-order valence-corrected chi connectivity index (χ2v) is 10.7. The molecule has 33 heavy (non-hydrogen) atoms. The van der Waals surface area contributed by atoms with Gasteiger partial charge in [-0.25, -0.2) is 12.7 Å². The first-order chi connectivity index (χ1) is 15.9. The third kappa shape index (κ3) is 5.82. The van der Waals surface area contributed by atoms with Gasteiger partial charge in [0.05, 0.1) is 11.8 Å². The van der Waals surface area contributed by atoms with E-state index in [1.165, 1.54) is 4.31 Å². The van der Waals surface area contributed by atoms with Crippen molar-refractivity contribution in [3.63, 3.8) is 0 Å². The van der Waals surface area contributed by atoms with Crippen LogP contribution in [0.5, 0.6) is 0 Å². The molecule has 0 saturated carbocycles. The summed E-state index contributed by atoms with van der Waals surface area (Å²) in [6.45, 7) is 0.651. The van der Waals surface area contributed by atoms with Gasteiger partial charge in [0.1, 0.15) is 0 Å². The predicted octanol–water partition coefficient (Wildman–Crippen LogP) is 4.79. The van der Waals surface area contributed by atoms with Gasteiger partial charge in [0.2, 0.25) is 15.9 Å². The molecule has 1 aliphatic heterocycles. The molecule has 0 bridgehead atoms. The maximum absolute atomic E-state index is 13.2. The maximum Gasteiger partial charge on any atom is 0.223 e. The van der Waals surface area contributed by atoms with Gasteiger partial charge in [0.25, 0.3) is 0 Å². The zero-order valence-electron chi connectivity index (χ0n) is 18.2. The number of nitrogens with zero attached hydrogens (tertiary/aromatic N) is 1. The molecule has 1 saturated heterocycles. The Labute approximate surface area is 200 Å². The molecule has 3 aromatic carbocycles. The zero-order chi connectivity index (χ0) is 23.3. The molecule has 3 aromatic rings. The second-order valence-electron chi connectivity index (χ2n) is 8.28. The van der Waals surface area contributed by atoms with Gasteiger partial charge in [0.15, 0.2) is 0 Å². The first-order valence-corrected chi connectivity index (χ1v) is 13.0. The molecular formula is C26H27ClN2O3S. The Morgan fingerprint density at radius 1 is 0.879 bits per heavy atom. The van der Waals surface area contributed by atoms with Gasteiger partial charge >= 0.3 is 0 Å². The molecule has 1 amide bonds. The van der Waals surface area contributed by atoms with Crippen LogP contribution in [0.15, 0.2) is 84.9 Å². The Morgan fingerprint density at radius 3 is 1.94 bits per heavy atom. The molecule has 0 radical (unpaired) electrons. The van der Waals surface area contributed by atoms with Crippen molar-refractivity contribution in [1.82, 2.24) is 9.62 Å². The fraction of sp³-hybridized carbons (Fsp3) is 0.269. The lowest BCUT2D eigenvalue weighted by molar-refractivity contribution is -0.126. The summed E-state index contributed by atoms with van der Waals surface area (Å²) in [6.07, 6.45) is 0.980. The number of halogens is 1. The summed E-state index contributed by atoms with van der Waals surface area (Å²) in [5.74, 6) is -0.407. The van der Waals surface area contributed by atoms with Crippen molar-refractivity contribution in [2.75, 3.05) is 13.1 Å². The first-order valence-electron chi connectivity index (χ1n) is 11.1. The lowest BCUT2D eigenvalue weighted by Crippen LogP contribution is -2.44. The Hall–Kier alpha value is -2.67. The monoisotopic (exact) mass is 482 g/mol. The smallest absolute Gasteiger partial charge is 0.223 e. The van der Waals surface area contributed by atoms with Crippen LogP contribution in [0.1, 0.15) is 35.6 Å². The van der Waals surface area contributed by atoms with Crippen LogP contribution in [0.3, 0.4) is 0 Å². The van der Waals surface area contributed by atoms with Gasteiger partial charge in [-0.05, 0) is 35.6 Å². The number of benzene rings is 3. The number of hydrogen-bond donors (Lipinski definition) is 1. The van der Waals surface area contributed by atoms with E-state index in [-0.39, 0.29) is 23.6 Å². The van der Waals surface area contributed by atoms with E-state index in [2.05, 4.69) is 5.32 Å². The molecular weight excluding hydrogens is 456 g/mol. The summed E-state index contributed by atoms with van der Waals surface area (Å²) >= 11 is 6.15. The molecule has 1 fully saturated rings. The summed E-state index contributed by atoms with van der Waals surface area (Å²) in [5.41, 5.74) is 2.61. The van der Waals surface area contributed by atoms with E-state index in [0.717, 1.165) is 11.1 Å². The van der Waals surface area contributed by atoms with Gasteiger partial charge in [-0.2, -0.15) is 0 Å². The van der Waals surface area contributed by atoms with Crippen LogP contribution in [-0.2, 0) is 20.6 Å². The van der Waals surface area contributed by atoms with Gasteiger partial charge < -0.3 is 5.32 Å². The lowest BCUT2D eigenvalue weighted by Gasteiger charge is -2.31. The third-order valence-corrected chi connectivity index (χ3v) is 8.26. The fourth-order valence-electron chi connectivity index (χ4n) is 4.21. The van der Waals surface area contributed by atoms with E-state index in [1.807, 2.05) is 60.7 Å². The minimum atomic E-state index is -3.50. The van der Waals surface area contributed by atoms with Crippen molar-refractivity contribution in [2.45, 2.75) is 24.6 Å². The van der Waals surface area contributed by atoms with Crippen molar-refractivity contribution in [1.29, 1.82) is 0 Å². The normalized spacial score (nSPS) is 15.5. The average molecular weight is 483 g/mol. The summed E-state index contributed by atoms with van der Waals surface area (Å²) in [7, 11) is -3.50. The summed E-state index contributed by atoms with van der Waals surface area (Å²) < 4.78 is 27.3. The Bertz CT molecular complexity index is 1140. The quantitative estimate of drug-likeness (QED) is 0.526. The first kappa shape index (κ1) is 23.5. The summed E-state index contributed by atoms with van der Waals surface area (Å²) in [4.78, 5) is 13.2. The zero-order valence-corrected chi connectivity index (χ0v) is 19.8. The molecule has 0 atom stereocenters. The van der Waals surface area contributed by atoms with Gasteiger partial charge in [0, 0.05) is 24.0 Å². The highest BCUT2D eigenvalue weighted by Gasteiger charge is 2.32. The molecule has 0 aromatic heterocycles. The van der Waals surface area contributed by atoms with E-state index in [1.54, 1.807) is 24.3 Å². The number of hydrogen-bond acceptors (Lipinski definition) is 3. The Kier molecular flexibility index (Phi) is 7.48. The van der Waals surface area contributed by atoms with E-state index in [0.29, 0.717) is 36.5 Å². The van der Waals surface area contributed by atoms with Crippen LogP contribution < -0.4 is 5.32 Å². The molecule has 1 N–H and O–H groups in total. The molecule has 1 heterocycles. The highest BCUT2D eigenvalue weighted by Crippen LogP contribution is 2.27. The minimum absolute atomic E-state index is 0.0455. The number of nitrogens with one attached hydrogen (secondary N) is 1. The fourth-order valence-corrected chi connectivity index (χ4v) is 6.09. The van der Waals surface area contributed by atoms with Gasteiger partial charge in [-0.15, -0.1) is 0 Å². The highest BCUT2D eigenvalue weighted by molar-refractivity contribution is 7.88. The third-order valence-electron chi connectivity index (χ3n) is 6.07. The molecule has 172 valence electrons. The van der Waals surface area contributed by atoms with Crippen molar-refractivity contribution in [3.8, 4) is 0 Å². The number of piperidine rings is 1. The van der Waals surface area contributed by atoms with Crippen LogP contribution in [0.2, 0.25) is 5.02 Å². The Morgan fingerprint density at radius 2 is 1.39 bits per heavy atom. The van der Waals surface area contributed by atoms with Crippen LogP contribution >= 0.6 is 11.6 Å². The molecule has 4 rings (SSSR count). The molecule has 5 nitrogen and oxygen atoms in total. The highest BCUT2D eigenvalue weighted by atomic mass is 35.5. The molecule has 7 heteroatoms. The lowest BCUT2D eigenvalue weighted by atomic mass is 9.94. The van der Waals surface area contributed by atoms with Crippen molar-refractivity contribution in [2.24, 2.45) is 5.92 Å². The van der Waals surface area contributed by atoms with Crippen LogP contribution in [-0.4, -0.2) is 31.7 Å². The van der Waals surface area contributed by atoms with Crippen LogP contribution in [0, 0.1) is 5.92 Å². The van der Waals surface area contributed by atoms with E-state index in [9.17, 15) is 13.2 Å². The van der Waals surface area contributed by atoms with Crippen molar-refractivity contribution in [3.05, 3.63) is 107 Å². The van der Waals surface area contributed by atoms with Crippen LogP contribution in [0.25, 0.3) is 0 Å². The van der Waals surface area contributed by atoms with Crippen molar-refractivity contribution < 1.29 is 13.2 Å². The summed E-state index contributed by atoms with van der Waals surface area (Å²) in [5, 5.41) is 3.64. The second kappa shape index (κ2) is 10.5. The maximum atomic E-state index is 13.2. The van der Waals surface area contributed by atoms with Crippen LogP contribution in [0.4, 0.5) is 0 Å². The number of sulfonamides is 1. The molecule has 0 spiro atoms. The molecule has 0 unspecified atom stereocenters. The van der Waals surface area contributed by atoms with E-state index < -0.39 is 10.0 Å². The topological polar surface area (TPSA) is 66.5 Å². The minimum Gasteiger partial charge on any atom is -0.345 e. The number of carbonyl (C=O) groups is 1. The van der Waals surface area contributed by atoms with Crippen molar-refractivity contribution >= 4 is 27.5 Å². The van der Waals surface area contributed by atoms with E-state index in [4.69, 9.17) is 11.6 Å². The molecule has 0 aliphatic carbocycles. The van der Waals surface area contributed by atoms with E-state index >= 15 is 0 Å². The Balaban J connectivity index is 1.41. The SMILES string of the molecule is O=C(NC(c1ccccc1)c1ccccc1)C1CCN(S(=O)(=O)Cc2ccccc2Cl)CC1. The average Bonchev–Trinajstić information content (AvgIpc) is 2.85. The standard InChI is InChI=1S/C26H27ClN2O3S/c27-24-14-8-7-13-23(24)19-33(31,32)29-17-15-22(16-18-29)26(30)28-25(20-9-3-1-4-10-20)21-11-5-2-6-12-21/h1-14,22,25H,15-19H2,(H,28,30). The van der Waals surface area contributed by atoms with Gasteiger partial charge in [-0.1, -0.05) is 90.5 Å². The predicted molar refractivity (Wildman–Crippen MR) is 131 cm³/mol. The number of rotatable bonds is 7.